The smallest absolute Gasteiger partial charge is 0.220 e. The Morgan fingerprint density at radius 1 is 1.27 bits per heavy atom. The molecule has 0 heterocycles. The third-order valence-electron chi connectivity index (χ3n) is 3.22. The number of aliphatic hydroxyl groups is 1. The lowest BCUT2D eigenvalue weighted by molar-refractivity contribution is -0.122. The zero-order chi connectivity index (χ0) is 16.4. The van der Waals surface area contributed by atoms with E-state index in [-0.39, 0.29) is 19.1 Å². The summed E-state index contributed by atoms with van der Waals surface area (Å²) in [5.41, 5.74) is 1.01. The first-order valence-electron chi connectivity index (χ1n) is 7.66. The number of hydrogen-bond acceptors (Lipinski definition) is 4. The number of aliphatic hydroxyl groups excluding tert-OH is 1. The van der Waals surface area contributed by atoms with Gasteiger partial charge in [0.1, 0.15) is 5.75 Å². The molecule has 0 saturated heterocycles. The quantitative estimate of drug-likeness (QED) is 0.695. The average molecular weight is 309 g/mol. The van der Waals surface area contributed by atoms with E-state index >= 15 is 0 Å². The number of ether oxygens (including phenoxy) is 2. The molecule has 1 unspecified atom stereocenters. The molecule has 5 heteroatoms. The van der Waals surface area contributed by atoms with Gasteiger partial charge in [0.15, 0.2) is 0 Å². The molecule has 0 saturated carbocycles. The van der Waals surface area contributed by atoms with Crippen LogP contribution < -0.4 is 10.1 Å². The summed E-state index contributed by atoms with van der Waals surface area (Å²) >= 11 is 0. The van der Waals surface area contributed by atoms with Gasteiger partial charge in [0, 0.05) is 13.0 Å². The van der Waals surface area contributed by atoms with Crippen molar-refractivity contribution in [3.63, 3.8) is 0 Å². The molecular weight excluding hydrogens is 282 g/mol. The van der Waals surface area contributed by atoms with E-state index in [1.807, 2.05) is 24.3 Å². The van der Waals surface area contributed by atoms with E-state index in [2.05, 4.69) is 19.2 Å². The minimum Gasteiger partial charge on any atom is -0.497 e. The lowest BCUT2D eigenvalue weighted by Crippen LogP contribution is -2.34. The van der Waals surface area contributed by atoms with Gasteiger partial charge in [-0.15, -0.1) is 0 Å². The Bertz CT molecular complexity index is 431. The minimum atomic E-state index is -0.693. The van der Waals surface area contributed by atoms with Crippen molar-refractivity contribution in [2.75, 3.05) is 20.3 Å². The largest absolute Gasteiger partial charge is 0.497 e. The van der Waals surface area contributed by atoms with E-state index < -0.39 is 6.10 Å². The molecule has 1 amide bonds. The van der Waals surface area contributed by atoms with Crippen molar-refractivity contribution in [1.29, 1.82) is 0 Å². The molecule has 1 aromatic rings. The fraction of sp³-hybridized carbons (Fsp3) is 0.588. The van der Waals surface area contributed by atoms with Crippen LogP contribution >= 0.6 is 0 Å². The van der Waals surface area contributed by atoms with E-state index in [0.717, 1.165) is 17.7 Å². The first kappa shape index (κ1) is 18.5. The van der Waals surface area contributed by atoms with Crippen LogP contribution in [-0.4, -0.2) is 37.4 Å². The molecule has 0 bridgehead atoms. The van der Waals surface area contributed by atoms with Gasteiger partial charge in [0.05, 0.1) is 26.4 Å². The normalized spacial score (nSPS) is 12.2. The Morgan fingerprint density at radius 2 is 1.95 bits per heavy atom. The maximum atomic E-state index is 11.5. The summed E-state index contributed by atoms with van der Waals surface area (Å²) in [6.07, 6.45) is 0.661. The second-order valence-electron chi connectivity index (χ2n) is 5.75. The molecule has 0 aliphatic heterocycles. The molecule has 0 aliphatic rings. The molecule has 0 aliphatic carbocycles. The zero-order valence-corrected chi connectivity index (χ0v) is 13.7. The van der Waals surface area contributed by atoms with Crippen LogP contribution in [0.3, 0.4) is 0 Å². The topological polar surface area (TPSA) is 67.8 Å². The SMILES string of the molecule is COc1ccc(COCC(O)CNC(=O)CCC(C)C)cc1. The van der Waals surface area contributed by atoms with Crippen molar-refractivity contribution in [2.45, 2.75) is 39.4 Å². The molecule has 1 aromatic carbocycles. The average Bonchev–Trinajstić information content (AvgIpc) is 2.51. The number of benzene rings is 1. The summed E-state index contributed by atoms with van der Waals surface area (Å²) in [6, 6.07) is 7.56. The van der Waals surface area contributed by atoms with Gasteiger partial charge in [-0.2, -0.15) is 0 Å². The highest BCUT2D eigenvalue weighted by Gasteiger charge is 2.08. The van der Waals surface area contributed by atoms with Crippen LogP contribution in [0, 0.1) is 5.92 Å². The second kappa shape index (κ2) is 10.2. The van der Waals surface area contributed by atoms with E-state index in [9.17, 15) is 9.90 Å². The Kier molecular flexibility index (Phi) is 8.55. The van der Waals surface area contributed by atoms with E-state index in [1.165, 1.54) is 0 Å². The summed E-state index contributed by atoms with van der Waals surface area (Å²) in [4.78, 5) is 11.5. The molecule has 0 fully saturated rings. The first-order valence-corrected chi connectivity index (χ1v) is 7.66. The zero-order valence-electron chi connectivity index (χ0n) is 13.7. The van der Waals surface area contributed by atoms with Crippen LogP contribution in [0.1, 0.15) is 32.3 Å². The maximum Gasteiger partial charge on any atom is 0.220 e. The Morgan fingerprint density at radius 3 is 2.55 bits per heavy atom. The van der Waals surface area contributed by atoms with Gasteiger partial charge in [0.25, 0.3) is 0 Å². The number of amides is 1. The van der Waals surface area contributed by atoms with Crippen LogP contribution in [0.15, 0.2) is 24.3 Å². The molecule has 124 valence electrons. The van der Waals surface area contributed by atoms with Gasteiger partial charge in [-0.1, -0.05) is 26.0 Å². The van der Waals surface area contributed by atoms with Crippen LogP contribution in [-0.2, 0) is 16.1 Å². The first-order chi connectivity index (χ1) is 10.5. The second-order valence-corrected chi connectivity index (χ2v) is 5.75. The summed E-state index contributed by atoms with van der Waals surface area (Å²) in [5, 5.41) is 12.5. The highest BCUT2D eigenvalue weighted by molar-refractivity contribution is 5.75. The molecule has 1 rings (SSSR count). The summed E-state index contributed by atoms with van der Waals surface area (Å²) < 4.78 is 10.5. The molecule has 1 atom stereocenters. The molecule has 5 nitrogen and oxygen atoms in total. The summed E-state index contributed by atoms with van der Waals surface area (Å²) in [7, 11) is 1.62. The Labute approximate surface area is 132 Å². The monoisotopic (exact) mass is 309 g/mol. The fourth-order valence-electron chi connectivity index (χ4n) is 1.83. The summed E-state index contributed by atoms with van der Waals surface area (Å²) in [6.45, 7) is 4.99. The molecule has 0 aromatic heterocycles. The van der Waals surface area contributed by atoms with Gasteiger partial charge in [-0.05, 0) is 30.0 Å². The van der Waals surface area contributed by atoms with E-state index in [4.69, 9.17) is 9.47 Å². The maximum absolute atomic E-state index is 11.5. The lowest BCUT2D eigenvalue weighted by atomic mass is 10.1. The van der Waals surface area contributed by atoms with E-state index in [0.29, 0.717) is 18.9 Å². The van der Waals surface area contributed by atoms with Gasteiger partial charge in [0.2, 0.25) is 5.91 Å². The number of methoxy groups -OCH3 is 1. The van der Waals surface area contributed by atoms with Crippen molar-refractivity contribution < 1.29 is 19.4 Å². The van der Waals surface area contributed by atoms with Crippen LogP contribution in [0.5, 0.6) is 5.75 Å². The van der Waals surface area contributed by atoms with Crippen molar-refractivity contribution >= 4 is 5.91 Å². The minimum absolute atomic E-state index is 0.0251. The molecular formula is C17H27NO4. The Hall–Kier alpha value is -1.59. The van der Waals surface area contributed by atoms with Gasteiger partial charge in [-0.3, -0.25) is 4.79 Å². The predicted octanol–water partition coefficient (Wildman–Crippen LogP) is 2.13. The van der Waals surface area contributed by atoms with Crippen molar-refractivity contribution in [3.05, 3.63) is 29.8 Å². The van der Waals surface area contributed by atoms with Crippen LogP contribution in [0.4, 0.5) is 0 Å². The van der Waals surface area contributed by atoms with Crippen molar-refractivity contribution in [2.24, 2.45) is 5.92 Å². The van der Waals surface area contributed by atoms with Crippen LogP contribution in [0.25, 0.3) is 0 Å². The van der Waals surface area contributed by atoms with E-state index in [1.54, 1.807) is 7.11 Å². The molecule has 0 spiro atoms. The number of hydrogen-bond donors (Lipinski definition) is 2. The van der Waals surface area contributed by atoms with Gasteiger partial charge < -0.3 is 19.9 Å². The number of carbonyl (C=O) groups is 1. The van der Waals surface area contributed by atoms with Crippen molar-refractivity contribution in [3.8, 4) is 5.75 Å². The number of nitrogens with one attached hydrogen (secondary N) is 1. The highest BCUT2D eigenvalue weighted by Crippen LogP contribution is 2.11. The fourth-order valence-corrected chi connectivity index (χ4v) is 1.83. The standard InChI is InChI=1S/C17H27NO4/c1-13(2)4-9-17(20)18-10-15(19)12-22-11-14-5-7-16(21-3)8-6-14/h5-8,13,15,19H,4,9-12H2,1-3H3,(H,18,20). The lowest BCUT2D eigenvalue weighted by Gasteiger charge is -2.13. The number of rotatable bonds is 10. The third-order valence-corrected chi connectivity index (χ3v) is 3.22. The number of carbonyl (C=O) groups excluding carboxylic acids is 1. The van der Waals surface area contributed by atoms with Gasteiger partial charge >= 0.3 is 0 Å². The highest BCUT2D eigenvalue weighted by atomic mass is 16.5. The molecule has 0 radical (unpaired) electrons. The van der Waals surface area contributed by atoms with Gasteiger partial charge in [-0.25, -0.2) is 0 Å². The Balaban J connectivity index is 2.14. The van der Waals surface area contributed by atoms with Crippen molar-refractivity contribution in [1.82, 2.24) is 5.32 Å². The molecule has 2 N–H and O–H groups in total. The third kappa shape index (κ3) is 8.00. The summed E-state index contributed by atoms with van der Waals surface area (Å²) in [5.74, 6) is 1.28. The van der Waals surface area contributed by atoms with Crippen LogP contribution in [0.2, 0.25) is 0 Å². The predicted molar refractivity (Wildman–Crippen MR) is 85.7 cm³/mol. The molecule has 22 heavy (non-hydrogen) atoms.